The number of hydrogen-bond acceptors (Lipinski definition) is 5. The topological polar surface area (TPSA) is 57.7 Å². The number of carbonyl (C=O) groups is 1. The van der Waals surface area contributed by atoms with Gasteiger partial charge in [0.25, 0.3) is 0 Å². The van der Waals surface area contributed by atoms with E-state index < -0.39 is 24.3 Å². The van der Waals surface area contributed by atoms with E-state index in [9.17, 15) is 4.79 Å². The Morgan fingerprint density at radius 3 is 2.40 bits per heavy atom. The van der Waals surface area contributed by atoms with Crippen LogP contribution in [0.5, 0.6) is 0 Å². The summed E-state index contributed by atoms with van der Waals surface area (Å²) in [5, 5.41) is 0. The van der Waals surface area contributed by atoms with Crippen LogP contribution in [0.25, 0.3) is 0 Å². The van der Waals surface area contributed by atoms with Gasteiger partial charge in [-0.3, -0.25) is 4.98 Å². The predicted molar refractivity (Wildman–Crippen MR) is 75.9 cm³/mol. The molecule has 2 rings (SSSR count). The lowest BCUT2D eigenvalue weighted by Gasteiger charge is -2.32. The summed E-state index contributed by atoms with van der Waals surface area (Å²) in [5.41, 5.74) is 0.281. The van der Waals surface area contributed by atoms with Crippen LogP contribution in [0.4, 0.5) is 0 Å². The zero-order chi connectivity index (χ0) is 15.0. The molecule has 108 valence electrons. The van der Waals surface area contributed by atoms with E-state index in [2.05, 4.69) is 4.98 Å². The number of rotatable bonds is 3. The molecule has 0 amide bonds. The third-order valence-corrected chi connectivity index (χ3v) is 3.80. The summed E-state index contributed by atoms with van der Waals surface area (Å²) in [6.45, 7) is 10.0. The Labute approximate surface area is 119 Å². The number of ether oxygens (including phenoxy) is 1. The molecule has 0 radical (unpaired) electrons. The van der Waals surface area contributed by atoms with E-state index in [1.165, 1.54) is 6.20 Å². The van der Waals surface area contributed by atoms with Gasteiger partial charge >= 0.3 is 13.1 Å². The summed E-state index contributed by atoms with van der Waals surface area (Å²) in [6, 6.07) is 1.70. The average Bonchev–Trinajstić information content (AvgIpc) is 2.59. The second-order valence-corrected chi connectivity index (χ2v) is 5.82. The first kappa shape index (κ1) is 15.0. The smallest absolute Gasteiger partial charge is 0.462 e. The summed E-state index contributed by atoms with van der Waals surface area (Å²) in [5.74, 6) is -0.390. The van der Waals surface area contributed by atoms with E-state index in [-0.39, 0.29) is 0 Å². The standard InChI is InChI=1S/C14H20BNO4/c1-6-18-12(17)10-7-11(9-16-8-10)15-19-13(2,3)14(4,5)20-15/h7-9H,6H2,1-5H3. The van der Waals surface area contributed by atoms with E-state index >= 15 is 0 Å². The van der Waals surface area contributed by atoms with Gasteiger partial charge in [0, 0.05) is 17.9 Å². The summed E-state index contributed by atoms with van der Waals surface area (Å²) in [7, 11) is -0.526. The fraction of sp³-hybridized carbons (Fsp3) is 0.571. The maximum atomic E-state index is 11.7. The van der Waals surface area contributed by atoms with Crippen LogP contribution < -0.4 is 5.46 Å². The highest BCUT2D eigenvalue weighted by atomic mass is 16.7. The Morgan fingerprint density at radius 1 is 1.25 bits per heavy atom. The van der Waals surface area contributed by atoms with E-state index in [1.54, 1.807) is 19.2 Å². The summed E-state index contributed by atoms with van der Waals surface area (Å²) < 4.78 is 16.8. The van der Waals surface area contributed by atoms with Crippen LogP contribution in [-0.2, 0) is 14.0 Å². The van der Waals surface area contributed by atoms with Crippen molar-refractivity contribution in [2.45, 2.75) is 45.8 Å². The molecular formula is C14H20BNO4. The quantitative estimate of drug-likeness (QED) is 0.620. The molecule has 0 aliphatic carbocycles. The molecule has 0 atom stereocenters. The van der Waals surface area contributed by atoms with Crippen molar-refractivity contribution in [2.24, 2.45) is 0 Å². The fourth-order valence-corrected chi connectivity index (χ4v) is 1.89. The molecule has 6 heteroatoms. The maximum absolute atomic E-state index is 11.7. The fourth-order valence-electron chi connectivity index (χ4n) is 1.89. The van der Waals surface area contributed by atoms with Crippen molar-refractivity contribution >= 4 is 18.6 Å². The zero-order valence-electron chi connectivity index (χ0n) is 12.6. The highest BCUT2D eigenvalue weighted by Gasteiger charge is 2.51. The molecule has 1 aliphatic heterocycles. The van der Waals surface area contributed by atoms with Gasteiger partial charge in [0.05, 0.1) is 23.4 Å². The molecule has 20 heavy (non-hydrogen) atoms. The highest BCUT2D eigenvalue weighted by molar-refractivity contribution is 6.62. The van der Waals surface area contributed by atoms with E-state index in [4.69, 9.17) is 14.0 Å². The van der Waals surface area contributed by atoms with Gasteiger partial charge < -0.3 is 14.0 Å². The SMILES string of the molecule is CCOC(=O)c1cncc(B2OC(C)(C)C(C)(C)O2)c1. The lowest BCUT2D eigenvalue weighted by Crippen LogP contribution is -2.41. The Bertz CT molecular complexity index is 500. The highest BCUT2D eigenvalue weighted by Crippen LogP contribution is 2.36. The van der Waals surface area contributed by atoms with Gasteiger partial charge in [-0.25, -0.2) is 4.79 Å². The van der Waals surface area contributed by atoms with Gasteiger partial charge in [-0.1, -0.05) is 0 Å². The molecule has 1 aromatic heterocycles. The zero-order valence-corrected chi connectivity index (χ0v) is 12.6. The van der Waals surface area contributed by atoms with Gasteiger partial charge in [-0.2, -0.15) is 0 Å². The number of carbonyl (C=O) groups excluding carboxylic acids is 1. The lowest BCUT2D eigenvalue weighted by molar-refractivity contribution is 0.00578. The molecule has 2 heterocycles. The van der Waals surface area contributed by atoms with Crippen molar-refractivity contribution in [3.05, 3.63) is 24.0 Å². The molecule has 0 saturated carbocycles. The molecule has 0 unspecified atom stereocenters. The number of aromatic nitrogens is 1. The van der Waals surface area contributed by atoms with Crippen LogP contribution in [0, 0.1) is 0 Å². The van der Waals surface area contributed by atoms with Crippen LogP contribution >= 0.6 is 0 Å². The minimum atomic E-state index is -0.526. The number of nitrogens with zero attached hydrogens (tertiary/aromatic N) is 1. The predicted octanol–water partition coefficient (Wildman–Crippen LogP) is 1.56. The first-order valence-corrected chi connectivity index (χ1v) is 6.74. The van der Waals surface area contributed by atoms with Crippen molar-refractivity contribution in [3.63, 3.8) is 0 Å². The second-order valence-electron chi connectivity index (χ2n) is 5.82. The average molecular weight is 277 g/mol. The monoisotopic (exact) mass is 277 g/mol. The van der Waals surface area contributed by atoms with E-state index in [1.807, 2.05) is 27.7 Å². The molecule has 0 N–H and O–H groups in total. The molecule has 1 saturated heterocycles. The van der Waals surface area contributed by atoms with Gasteiger partial charge in [-0.05, 0) is 40.7 Å². The summed E-state index contributed by atoms with van der Waals surface area (Å²) >= 11 is 0. The molecule has 1 aromatic rings. The minimum absolute atomic E-state index is 0.333. The van der Waals surface area contributed by atoms with Crippen LogP contribution in [0.15, 0.2) is 18.5 Å². The van der Waals surface area contributed by atoms with Crippen molar-refractivity contribution in [1.82, 2.24) is 4.98 Å². The van der Waals surface area contributed by atoms with Crippen LogP contribution in [0.1, 0.15) is 45.0 Å². The number of pyridine rings is 1. The van der Waals surface area contributed by atoms with Crippen molar-refractivity contribution in [3.8, 4) is 0 Å². The molecule has 1 aliphatic rings. The molecule has 1 fully saturated rings. The minimum Gasteiger partial charge on any atom is -0.462 e. The molecule has 0 aromatic carbocycles. The van der Waals surface area contributed by atoms with Crippen molar-refractivity contribution in [2.75, 3.05) is 6.61 Å². The second kappa shape index (κ2) is 5.18. The number of esters is 1. The largest absolute Gasteiger partial charge is 0.496 e. The molecule has 5 nitrogen and oxygen atoms in total. The third kappa shape index (κ3) is 2.71. The first-order chi connectivity index (χ1) is 9.27. The van der Waals surface area contributed by atoms with Crippen molar-refractivity contribution in [1.29, 1.82) is 0 Å². The Morgan fingerprint density at radius 2 is 1.85 bits per heavy atom. The maximum Gasteiger partial charge on any atom is 0.496 e. The Kier molecular flexibility index (Phi) is 3.89. The van der Waals surface area contributed by atoms with Crippen LogP contribution in [0.2, 0.25) is 0 Å². The van der Waals surface area contributed by atoms with Gasteiger partial charge in [0.2, 0.25) is 0 Å². The van der Waals surface area contributed by atoms with Crippen LogP contribution in [0.3, 0.4) is 0 Å². The lowest BCUT2D eigenvalue weighted by atomic mass is 9.80. The summed E-state index contributed by atoms with van der Waals surface area (Å²) in [6.07, 6.45) is 3.12. The third-order valence-electron chi connectivity index (χ3n) is 3.80. The van der Waals surface area contributed by atoms with Crippen molar-refractivity contribution < 1.29 is 18.8 Å². The van der Waals surface area contributed by atoms with Gasteiger partial charge in [-0.15, -0.1) is 0 Å². The molecular weight excluding hydrogens is 257 g/mol. The normalized spacial score (nSPS) is 19.9. The van der Waals surface area contributed by atoms with Gasteiger partial charge in [0.1, 0.15) is 0 Å². The van der Waals surface area contributed by atoms with E-state index in [0.29, 0.717) is 17.6 Å². The summed E-state index contributed by atoms with van der Waals surface area (Å²) in [4.78, 5) is 15.8. The molecule has 0 spiro atoms. The van der Waals surface area contributed by atoms with Crippen LogP contribution in [-0.4, -0.2) is 35.9 Å². The van der Waals surface area contributed by atoms with Gasteiger partial charge in [0.15, 0.2) is 0 Å². The van der Waals surface area contributed by atoms with E-state index in [0.717, 1.165) is 0 Å². The Balaban J connectivity index is 2.23. The first-order valence-electron chi connectivity index (χ1n) is 6.74. The number of hydrogen-bond donors (Lipinski definition) is 0. The molecule has 0 bridgehead atoms. The Hall–Kier alpha value is -1.40.